The van der Waals surface area contributed by atoms with Crippen LogP contribution in [-0.2, 0) is 13.5 Å². The first-order chi connectivity index (χ1) is 8.63. The molecule has 18 heavy (non-hydrogen) atoms. The van der Waals surface area contributed by atoms with E-state index in [0.717, 1.165) is 40.2 Å². The van der Waals surface area contributed by atoms with Crippen LogP contribution < -0.4 is 0 Å². The van der Waals surface area contributed by atoms with Crippen molar-refractivity contribution in [1.29, 1.82) is 0 Å². The molecule has 0 aliphatic rings. The van der Waals surface area contributed by atoms with E-state index in [9.17, 15) is 0 Å². The van der Waals surface area contributed by atoms with Crippen LogP contribution in [0, 0.1) is 4.77 Å². The molecule has 0 radical (unpaired) electrons. The number of nitrogens with zero attached hydrogens (tertiary/aromatic N) is 3. The van der Waals surface area contributed by atoms with Crippen molar-refractivity contribution in [3.8, 4) is 0 Å². The molecule has 0 saturated carbocycles. The van der Waals surface area contributed by atoms with E-state index in [4.69, 9.17) is 12.2 Å². The van der Waals surface area contributed by atoms with E-state index in [1.54, 1.807) is 0 Å². The molecular weight excluding hydrogens is 264 g/mol. The van der Waals surface area contributed by atoms with Gasteiger partial charge < -0.3 is 4.98 Å². The standard InChI is InChI=1S/C12H20N4S2/c1-5-8(7-18-4)16-11-10(13-12(16)17)9(6-2)14-15(11)3/h8H,5-7H2,1-4H3,(H,13,17). The number of fused-ring (bicyclic) bond motifs is 1. The van der Waals surface area contributed by atoms with Crippen molar-refractivity contribution in [1.82, 2.24) is 19.3 Å². The summed E-state index contributed by atoms with van der Waals surface area (Å²) in [4.78, 5) is 3.33. The van der Waals surface area contributed by atoms with Crippen LogP contribution in [-0.4, -0.2) is 31.3 Å². The summed E-state index contributed by atoms with van der Waals surface area (Å²) in [5.74, 6) is 1.07. The van der Waals surface area contributed by atoms with Gasteiger partial charge in [-0.2, -0.15) is 16.9 Å². The molecule has 4 nitrogen and oxygen atoms in total. The molecule has 0 aromatic carbocycles. The Bertz CT molecular complexity index is 593. The first-order valence-electron chi connectivity index (χ1n) is 6.29. The Labute approximate surface area is 117 Å². The topological polar surface area (TPSA) is 38.5 Å². The van der Waals surface area contributed by atoms with Crippen molar-refractivity contribution in [2.75, 3.05) is 12.0 Å². The lowest BCUT2D eigenvalue weighted by atomic mass is 10.2. The molecule has 0 aliphatic heterocycles. The number of hydrogen-bond donors (Lipinski definition) is 1. The number of aromatic amines is 1. The summed E-state index contributed by atoms with van der Waals surface area (Å²) in [5, 5.41) is 4.56. The van der Waals surface area contributed by atoms with Crippen LogP contribution in [0.1, 0.15) is 32.0 Å². The SMILES string of the molecule is CCc1nn(C)c2c1[nH]c(=S)n2C(CC)CSC. The average molecular weight is 284 g/mol. The number of hydrogen-bond acceptors (Lipinski definition) is 3. The summed E-state index contributed by atoms with van der Waals surface area (Å²) < 4.78 is 4.99. The minimum atomic E-state index is 0.432. The van der Waals surface area contributed by atoms with Gasteiger partial charge in [-0.3, -0.25) is 9.25 Å². The molecule has 2 aromatic rings. The molecular formula is C12H20N4S2. The molecule has 1 N–H and O–H groups in total. The van der Waals surface area contributed by atoms with Gasteiger partial charge in [-0.25, -0.2) is 0 Å². The molecule has 2 rings (SSSR count). The smallest absolute Gasteiger partial charge is 0.179 e. The van der Waals surface area contributed by atoms with Crippen LogP contribution in [0.4, 0.5) is 0 Å². The molecule has 0 amide bonds. The lowest BCUT2D eigenvalue weighted by Gasteiger charge is -2.16. The summed E-state index contributed by atoms with van der Waals surface area (Å²) in [6.45, 7) is 4.33. The fourth-order valence-corrected chi connectivity index (χ4v) is 3.50. The highest BCUT2D eigenvalue weighted by Crippen LogP contribution is 2.25. The first-order valence-corrected chi connectivity index (χ1v) is 8.09. The number of thioether (sulfide) groups is 1. The molecule has 1 atom stereocenters. The van der Waals surface area contributed by atoms with Gasteiger partial charge in [0, 0.05) is 18.8 Å². The summed E-state index contributed by atoms with van der Waals surface area (Å²) in [5.41, 5.74) is 3.32. The lowest BCUT2D eigenvalue weighted by molar-refractivity contribution is 0.534. The first kappa shape index (κ1) is 13.7. The molecule has 0 spiro atoms. The van der Waals surface area contributed by atoms with Crippen molar-refractivity contribution >= 4 is 35.1 Å². The Kier molecular flexibility index (Phi) is 4.17. The van der Waals surface area contributed by atoms with Crippen molar-refractivity contribution < 1.29 is 0 Å². The largest absolute Gasteiger partial charge is 0.328 e. The van der Waals surface area contributed by atoms with E-state index in [-0.39, 0.29) is 0 Å². The van der Waals surface area contributed by atoms with Gasteiger partial charge in [0.25, 0.3) is 0 Å². The number of rotatable bonds is 5. The van der Waals surface area contributed by atoms with Crippen LogP contribution >= 0.6 is 24.0 Å². The zero-order valence-corrected chi connectivity index (χ0v) is 13.0. The minimum absolute atomic E-state index is 0.432. The quantitative estimate of drug-likeness (QED) is 0.856. The zero-order valence-electron chi connectivity index (χ0n) is 11.4. The third-order valence-electron chi connectivity index (χ3n) is 3.30. The Morgan fingerprint density at radius 3 is 2.72 bits per heavy atom. The average Bonchev–Trinajstić information content (AvgIpc) is 2.84. The Balaban J connectivity index is 2.66. The molecule has 0 saturated heterocycles. The van der Waals surface area contributed by atoms with E-state index < -0.39 is 0 Å². The predicted molar refractivity (Wildman–Crippen MR) is 81.0 cm³/mol. The number of H-pyrrole nitrogens is 1. The molecule has 1 unspecified atom stereocenters. The van der Waals surface area contributed by atoms with Crippen LogP contribution in [0.25, 0.3) is 11.2 Å². The van der Waals surface area contributed by atoms with Crippen LogP contribution in [0.3, 0.4) is 0 Å². The molecule has 0 bridgehead atoms. The van der Waals surface area contributed by atoms with Crippen LogP contribution in [0.2, 0.25) is 0 Å². The second kappa shape index (κ2) is 5.48. The van der Waals surface area contributed by atoms with E-state index in [2.05, 4.69) is 34.8 Å². The number of imidazole rings is 1. The molecule has 6 heteroatoms. The summed E-state index contributed by atoms with van der Waals surface area (Å²) in [6.07, 6.45) is 4.14. The van der Waals surface area contributed by atoms with Gasteiger partial charge in [0.1, 0.15) is 5.52 Å². The normalized spacial score (nSPS) is 13.3. The van der Waals surface area contributed by atoms with Crippen molar-refractivity contribution in [3.63, 3.8) is 0 Å². The maximum Gasteiger partial charge on any atom is 0.179 e. The summed E-state index contributed by atoms with van der Waals surface area (Å²) in [6, 6.07) is 0.432. The van der Waals surface area contributed by atoms with Gasteiger partial charge in [-0.1, -0.05) is 13.8 Å². The fraction of sp³-hybridized carbons (Fsp3) is 0.667. The second-order valence-electron chi connectivity index (χ2n) is 4.44. The Morgan fingerprint density at radius 1 is 1.44 bits per heavy atom. The van der Waals surface area contributed by atoms with Gasteiger partial charge >= 0.3 is 0 Å². The fourth-order valence-electron chi connectivity index (χ4n) is 2.39. The highest BCUT2D eigenvalue weighted by molar-refractivity contribution is 7.98. The minimum Gasteiger partial charge on any atom is -0.328 e. The van der Waals surface area contributed by atoms with Crippen molar-refractivity contribution in [2.24, 2.45) is 7.05 Å². The van der Waals surface area contributed by atoms with E-state index in [0.29, 0.717) is 6.04 Å². The van der Waals surface area contributed by atoms with Crippen LogP contribution in [0.5, 0.6) is 0 Å². The molecule has 100 valence electrons. The summed E-state index contributed by atoms with van der Waals surface area (Å²) >= 11 is 7.35. The molecule has 0 fully saturated rings. The number of nitrogens with one attached hydrogen (secondary N) is 1. The highest BCUT2D eigenvalue weighted by Gasteiger charge is 2.19. The third kappa shape index (κ3) is 2.12. The molecule has 0 aliphatic carbocycles. The van der Waals surface area contributed by atoms with Gasteiger partial charge in [-0.05, 0) is 31.3 Å². The molecule has 2 heterocycles. The maximum absolute atomic E-state index is 5.49. The molecule has 2 aromatic heterocycles. The second-order valence-corrected chi connectivity index (χ2v) is 5.74. The van der Waals surface area contributed by atoms with Gasteiger partial charge in [-0.15, -0.1) is 0 Å². The van der Waals surface area contributed by atoms with Crippen molar-refractivity contribution in [2.45, 2.75) is 32.7 Å². The third-order valence-corrected chi connectivity index (χ3v) is 4.32. The zero-order chi connectivity index (χ0) is 13.3. The van der Waals surface area contributed by atoms with Gasteiger partial charge in [0.05, 0.1) is 5.69 Å². The highest BCUT2D eigenvalue weighted by atomic mass is 32.2. The van der Waals surface area contributed by atoms with Crippen LogP contribution in [0.15, 0.2) is 0 Å². The maximum atomic E-state index is 5.49. The Hall–Kier alpha value is -0.750. The number of aryl methyl sites for hydroxylation is 2. The monoisotopic (exact) mass is 284 g/mol. The predicted octanol–water partition coefficient (Wildman–Crippen LogP) is 3.31. The number of aromatic nitrogens is 4. The Morgan fingerprint density at radius 2 is 2.17 bits per heavy atom. The van der Waals surface area contributed by atoms with Crippen molar-refractivity contribution in [3.05, 3.63) is 10.5 Å². The van der Waals surface area contributed by atoms with Gasteiger partial charge in [0.15, 0.2) is 10.4 Å². The van der Waals surface area contributed by atoms with E-state index in [1.165, 1.54) is 0 Å². The van der Waals surface area contributed by atoms with E-state index >= 15 is 0 Å². The van der Waals surface area contributed by atoms with Gasteiger partial charge in [0.2, 0.25) is 0 Å². The lowest BCUT2D eigenvalue weighted by Crippen LogP contribution is -2.13. The van der Waals surface area contributed by atoms with E-state index in [1.807, 2.05) is 23.5 Å². The summed E-state index contributed by atoms with van der Waals surface area (Å²) in [7, 11) is 1.99.